The van der Waals surface area contributed by atoms with E-state index in [9.17, 15) is 0 Å². The van der Waals surface area contributed by atoms with Gasteiger partial charge >= 0.3 is 0 Å². The van der Waals surface area contributed by atoms with Crippen molar-refractivity contribution in [2.24, 2.45) is 0 Å². The molecule has 0 bridgehead atoms. The van der Waals surface area contributed by atoms with Crippen molar-refractivity contribution in [2.75, 3.05) is 45.5 Å². The zero-order chi connectivity index (χ0) is 19.3. The Morgan fingerprint density at radius 3 is 0.759 bits per heavy atom. The smallest absolute Gasteiger partial charge is 0.0425 e. The molecule has 0 spiro atoms. The highest BCUT2D eigenvalue weighted by atomic mass is 14.9. The molecule has 3 aromatic carbocycles. The fourth-order valence-electron chi connectivity index (χ4n) is 2.37. The Morgan fingerprint density at radius 2 is 0.552 bits per heavy atom. The maximum absolute atomic E-state index is 5.70. The zero-order valence-electron chi connectivity index (χ0n) is 14.9. The standard InChI is InChI=1S/C12H15N5.C6H9N3.2CH4.H3N/c13-7-1-8(14)4-11(3-7)17-12-5-9(15)2-10(16)6-12;7-4-1-5(8)3-6(9)2-4;;;/h1-6,17H,13-16H2;1-3H,7-9H2;2*1H4;1H3. The predicted octanol–water partition coefficient (Wildman–Crippen LogP) is 3.63. The normalized spacial score (nSPS) is 8.83. The van der Waals surface area contributed by atoms with Crippen LogP contribution in [0.2, 0.25) is 0 Å². The van der Waals surface area contributed by atoms with Gasteiger partial charge in [0.2, 0.25) is 0 Å². The Labute approximate surface area is 172 Å². The van der Waals surface area contributed by atoms with E-state index >= 15 is 0 Å². The molecule has 160 valence electrons. The lowest BCUT2D eigenvalue weighted by molar-refractivity contribution is 1.54. The Bertz CT molecular complexity index is 770. The summed E-state index contributed by atoms with van der Waals surface area (Å²) in [5, 5.41) is 3.15. The maximum Gasteiger partial charge on any atom is 0.0425 e. The second-order valence-electron chi connectivity index (χ2n) is 5.83. The first-order valence-corrected chi connectivity index (χ1v) is 7.72. The van der Waals surface area contributed by atoms with E-state index in [-0.39, 0.29) is 21.0 Å². The summed E-state index contributed by atoms with van der Waals surface area (Å²) in [5.74, 6) is 0. The van der Waals surface area contributed by atoms with Crippen molar-refractivity contribution in [3.63, 3.8) is 0 Å². The Hall–Kier alpha value is -3.98. The summed E-state index contributed by atoms with van der Waals surface area (Å²) in [6.45, 7) is 0. The molecule has 0 aliphatic rings. The quantitative estimate of drug-likeness (QED) is 0.285. The fourth-order valence-corrected chi connectivity index (χ4v) is 2.37. The van der Waals surface area contributed by atoms with Crippen LogP contribution in [0, 0.1) is 0 Å². The lowest BCUT2D eigenvalue weighted by Crippen LogP contribution is -1.97. The van der Waals surface area contributed by atoms with Crippen LogP contribution in [0.25, 0.3) is 0 Å². The van der Waals surface area contributed by atoms with Crippen molar-refractivity contribution in [3.05, 3.63) is 54.6 Å². The molecule has 0 saturated heterocycles. The van der Waals surface area contributed by atoms with E-state index in [0.29, 0.717) is 39.8 Å². The lowest BCUT2D eigenvalue weighted by atomic mass is 10.2. The number of nitrogens with two attached hydrogens (primary N) is 7. The Kier molecular flexibility index (Phi) is 11.0. The van der Waals surface area contributed by atoms with Gasteiger partial charge in [0.25, 0.3) is 0 Å². The molecule has 0 aromatic heterocycles. The number of benzene rings is 3. The topological polar surface area (TPSA) is 229 Å². The molecule has 0 amide bonds. The number of rotatable bonds is 2. The van der Waals surface area contributed by atoms with Gasteiger partial charge < -0.3 is 51.6 Å². The molecule has 0 saturated carbocycles. The van der Waals surface area contributed by atoms with Crippen LogP contribution in [0.4, 0.5) is 51.2 Å². The van der Waals surface area contributed by atoms with Gasteiger partial charge in [-0.1, -0.05) is 14.9 Å². The first kappa shape index (κ1) is 27.2. The summed E-state index contributed by atoms with van der Waals surface area (Å²) in [5.41, 5.74) is 44.8. The molecule has 29 heavy (non-hydrogen) atoms. The molecule has 9 heteroatoms. The molecule has 0 atom stereocenters. The number of nitrogens with one attached hydrogen (secondary N) is 1. The van der Waals surface area contributed by atoms with Crippen LogP contribution in [0.1, 0.15) is 14.9 Å². The fraction of sp³-hybridized carbons (Fsp3) is 0.100. The van der Waals surface area contributed by atoms with Gasteiger partial charge in [0.1, 0.15) is 0 Å². The van der Waals surface area contributed by atoms with Crippen LogP contribution in [-0.2, 0) is 0 Å². The number of nitrogen functional groups attached to an aromatic ring is 7. The van der Waals surface area contributed by atoms with Crippen LogP contribution in [0.15, 0.2) is 54.6 Å². The van der Waals surface area contributed by atoms with Crippen LogP contribution in [-0.4, -0.2) is 0 Å². The SMILES string of the molecule is C.C.N.Nc1cc(N)cc(N)c1.Nc1cc(N)cc(Nc2cc(N)cc(N)c2)c1. The summed E-state index contributed by atoms with van der Waals surface area (Å²) in [6, 6.07) is 15.5. The van der Waals surface area contributed by atoms with Crippen molar-refractivity contribution >= 4 is 51.2 Å². The number of hydrogen-bond donors (Lipinski definition) is 9. The molecule has 0 radical (unpaired) electrons. The highest BCUT2D eigenvalue weighted by molar-refractivity contribution is 5.73. The van der Waals surface area contributed by atoms with E-state index < -0.39 is 0 Å². The van der Waals surface area contributed by atoms with Gasteiger partial charge in [-0.25, -0.2) is 0 Å². The summed E-state index contributed by atoms with van der Waals surface area (Å²) in [6.07, 6.45) is 0. The van der Waals surface area contributed by atoms with E-state index in [4.69, 9.17) is 40.1 Å². The monoisotopic (exact) mass is 401 g/mol. The average Bonchev–Trinajstić information content (AvgIpc) is 2.43. The largest absolute Gasteiger partial charge is 0.399 e. The number of anilines is 9. The molecular formula is C20H35N9. The maximum atomic E-state index is 5.70. The molecule has 18 N–H and O–H groups in total. The molecule has 9 nitrogen and oxygen atoms in total. The van der Waals surface area contributed by atoms with E-state index in [1.807, 2.05) is 0 Å². The zero-order valence-corrected chi connectivity index (χ0v) is 14.9. The van der Waals surface area contributed by atoms with Crippen molar-refractivity contribution in [3.8, 4) is 0 Å². The summed E-state index contributed by atoms with van der Waals surface area (Å²) < 4.78 is 0. The van der Waals surface area contributed by atoms with E-state index in [2.05, 4.69) is 5.32 Å². The van der Waals surface area contributed by atoms with E-state index in [1.165, 1.54) is 0 Å². The molecular weight excluding hydrogens is 366 g/mol. The minimum absolute atomic E-state index is 0. The Morgan fingerprint density at radius 1 is 0.379 bits per heavy atom. The minimum Gasteiger partial charge on any atom is -0.399 e. The van der Waals surface area contributed by atoms with Gasteiger partial charge in [-0.3, -0.25) is 0 Å². The predicted molar refractivity (Wildman–Crippen MR) is 132 cm³/mol. The molecule has 0 heterocycles. The van der Waals surface area contributed by atoms with E-state index in [1.54, 1.807) is 54.6 Å². The van der Waals surface area contributed by atoms with Crippen LogP contribution in [0.3, 0.4) is 0 Å². The van der Waals surface area contributed by atoms with Crippen molar-refractivity contribution in [2.45, 2.75) is 14.9 Å². The van der Waals surface area contributed by atoms with Crippen molar-refractivity contribution in [1.29, 1.82) is 0 Å². The first-order valence-electron chi connectivity index (χ1n) is 7.72. The van der Waals surface area contributed by atoms with Crippen LogP contribution < -0.4 is 51.6 Å². The van der Waals surface area contributed by atoms with Crippen LogP contribution >= 0.6 is 0 Å². The molecule has 3 rings (SSSR count). The average molecular weight is 402 g/mol. The molecule has 0 unspecified atom stereocenters. The Balaban J connectivity index is 0. The van der Waals surface area contributed by atoms with Gasteiger partial charge in [0.05, 0.1) is 0 Å². The second-order valence-corrected chi connectivity index (χ2v) is 5.83. The lowest BCUT2D eigenvalue weighted by Gasteiger charge is -2.10. The van der Waals surface area contributed by atoms with Crippen molar-refractivity contribution < 1.29 is 0 Å². The molecule has 3 aromatic rings. The van der Waals surface area contributed by atoms with Gasteiger partial charge in [0.15, 0.2) is 0 Å². The van der Waals surface area contributed by atoms with Gasteiger partial charge in [-0.05, 0) is 54.6 Å². The molecule has 0 fully saturated rings. The molecule has 0 aliphatic heterocycles. The summed E-state index contributed by atoms with van der Waals surface area (Å²) in [4.78, 5) is 0. The van der Waals surface area contributed by atoms with E-state index in [0.717, 1.165) is 11.4 Å². The van der Waals surface area contributed by atoms with Gasteiger partial charge in [0, 0.05) is 51.2 Å². The second kappa shape index (κ2) is 11.7. The highest BCUT2D eigenvalue weighted by Crippen LogP contribution is 2.25. The summed E-state index contributed by atoms with van der Waals surface area (Å²) in [7, 11) is 0. The first-order chi connectivity index (χ1) is 12.2. The summed E-state index contributed by atoms with van der Waals surface area (Å²) >= 11 is 0. The molecule has 0 aliphatic carbocycles. The minimum atomic E-state index is 0. The van der Waals surface area contributed by atoms with Gasteiger partial charge in [-0.15, -0.1) is 0 Å². The highest BCUT2D eigenvalue weighted by Gasteiger charge is 2.00. The third-order valence-corrected chi connectivity index (χ3v) is 3.24. The third-order valence-electron chi connectivity index (χ3n) is 3.24. The van der Waals surface area contributed by atoms with Gasteiger partial charge in [-0.2, -0.15) is 0 Å². The van der Waals surface area contributed by atoms with Crippen LogP contribution in [0.5, 0.6) is 0 Å². The number of hydrogen-bond acceptors (Lipinski definition) is 9. The third kappa shape index (κ3) is 8.98. The van der Waals surface area contributed by atoms with Crippen molar-refractivity contribution in [1.82, 2.24) is 6.15 Å².